The molecule has 1 aromatic carbocycles. The lowest BCUT2D eigenvalue weighted by atomic mass is 10.0. The molecule has 1 saturated heterocycles. The van der Waals surface area contributed by atoms with Crippen LogP contribution >= 0.6 is 22.9 Å². The molecule has 2 amide bonds. The predicted molar refractivity (Wildman–Crippen MR) is 102 cm³/mol. The van der Waals surface area contributed by atoms with Crippen LogP contribution < -0.4 is 0 Å². The van der Waals surface area contributed by atoms with Crippen LogP contribution in [0, 0.1) is 0 Å². The molecule has 0 atom stereocenters. The molecule has 0 saturated carbocycles. The predicted octanol–water partition coefficient (Wildman–Crippen LogP) is 3.95. The summed E-state index contributed by atoms with van der Waals surface area (Å²) in [5.74, 6) is 0.0612. The van der Waals surface area contributed by atoms with E-state index >= 15 is 0 Å². The third-order valence-electron chi connectivity index (χ3n) is 4.48. The first-order valence-corrected chi connectivity index (χ1v) is 9.71. The van der Waals surface area contributed by atoms with Crippen molar-refractivity contribution in [3.05, 3.63) is 56.7 Å². The molecule has 4 nitrogen and oxygen atoms in total. The number of thiophene rings is 1. The molecule has 2 heterocycles. The second-order valence-electron chi connectivity index (χ2n) is 6.05. The summed E-state index contributed by atoms with van der Waals surface area (Å²) in [6.45, 7) is 4.50. The van der Waals surface area contributed by atoms with Crippen LogP contribution in [0.3, 0.4) is 0 Å². The number of hydrogen-bond donors (Lipinski definition) is 0. The van der Waals surface area contributed by atoms with Gasteiger partial charge >= 0.3 is 0 Å². The largest absolute Gasteiger partial charge is 0.337 e. The van der Waals surface area contributed by atoms with Gasteiger partial charge in [0, 0.05) is 31.7 Å². The fraction of sp³-hybridized carbons (Fsp3) is 0.368. The molecular weight excluding hydrogens is 356 g/mol. The highest BCUT2D eigenvalue weighted by molar-refractivity contribution is 7.17. The molecule has 2 aromatic rings. The minimum Gasteiger partial charge on any atom is -0.337 e. The first kappa shape index (κ1) is 18.0. The number of rotatable bonds is 3. The SMILES string of the molecule is CCc1ccccc1C(=O)N1CCCN(C(=O)c2ccc(Cl)s2)CC1. The summed E-state index contributed by atoms with van der Waals surface area (Å²) >= 11 is 7.23. The molecule has 3 rings (SSSR count). The Morgan fingerprint density at radius 1 is 1.00 bits per heavy atom. The topological polar surface area (TPSA) is 40.6 Å². The molecule has 0 bridgehead atoms. The zero-order valence-corrected chi connectivity index (χ0v) is 15.8. The maximum Gasteiger partial charge on any atom is 0.264 e. The minimum atomic E-state index is 0.000146. The van der Waals surface area contributed by atoms with Gasteiger partial charge in [0.05, 0.1) is 9.21 Å². The summed E-state index contributed by atoms with van der Waals surface area (Å²) in [6, 6.07) is 11.3. The van der Waals surface area contributed by atoms with Gasteiger partial charge in [-0.05, 0) is 36.6 Å². The highest BCUT2D eigenvalue weighted by Crippen LogP contribution is 2.23. The van der Waals surface area contributed by atoms with Crippen LogP contribution in [0.4, 0.5) is 0 Å². The molecule has 0 unspecified atom stereocenters. The summed E-state index contributed by atoms with van der Waals surface area (Å²) in [5, 5.41) is 0. The van der Waals surface area contributed by atoms with Crippen LogP contribution in [0.2, 0.25) is 4.34 Å². The number of aryl methyl sites for hydroxylation is 1. The van der Waals surface area contributed by atoms with Gasteiger partial charge < -0.3 is 9.80 Å². The fourth-order valence-corrected chi connectivity index (χ4v) is 4.13. The molecule has 0 radical (unpaired) electrons. The van der Waals surface area contributed by atoms with E-state index in [4.69, 9.17) is 11.6 Å². The zero-order chi connectivity index (χ0) is 17.8. The second-order valence-corrected chi connectivity index (χ2v) is 7.77. The number of benzene rings is 1. The highest BCUT2D eigenvalue weighted by Gasteiger charge is 2.25. The maximum absolute atomic E-state index is 12.9. The molecule has 1 aliphatic heterocycles. The van der Waals surface area contributed by atoms with Gasteiger partial charge in [0.25, 0.3) is 11.8 Å². The van der Waals surface area contributed by atoms with Crippen LogP contribution in [0.1, 0.15) is 38.9 Å². The molecule has 0 aliphatic carbocycles. The van der Waals surface area contributed by atoms with Crippen molar-refractivity contribution in [2.24, 2.45) is 0 Å². The Kier molecular flexibility index (Phi) is 5.76. The second kappa shape index (κ2) is 8.02. The average molecular weight is 377 g/mol. The average Bonchev–Trinajstić information content (AvgIpc) is 2.92. The molecule has 132 valence electrons. The normalized spacial score (nSPS) is 15.1. The van der Waals surface area contributed by atoms with E-state index in [-0.39, 0.29) is 11.8 Å². The quantitative estimate of drug-likeness (QED) is 0.813. The lowest BCUT2D eigenvalue weighted by Crippen LogP contribution is -2.37. The van der Waals surface area contributed by atoms with Crippen LogP contribution in [0.25, 0.3) is 0 Å². The number of carbonyl (C=O) groups is 2. The molecule has 1 fully saturated rings. The molecule has 6 heteroatoms. The number of hydrogen-bond acceptors (Lipinski definition) is 3. The van der Waals surface area contributed by atoms with E-state index in [1.54, 1.807) is 12.1 Å². The lowest BCUT2D eigenvalue weighted by molar-refractivity contribution is 0.0720. The van der Waals surface area contributed by atoms with Crippen molar-refractivity contribution in [3.63, 3.8) is 0 Å². The van der Waals surface area contributed by atoms with E-state index in [1.807, 2.05) is 34.1 Å². The summed E-state index contributed by atoms with van der Waals surface area (Å²) in [4.78, 5) is 29.8. The van der Waals surface area contributed by atoms with Crippen molar-refractivity contribution < 1.29 is 9.59 Å². The van der Waals surface area contributed by atoms with Crippen molar-refractivity contribution >= 4 is 34.8 Å². The van der Waals surface area contributed by atoms with Crippen molar-refractivity contribution in [1.82, 2.24) is 9.80 Å². The Morgan fingerprint density at radius 3 is 2.32 bits per heavy atom. The third kappa shape index (κ3) is 4.05. The standard InChI is InChI=1S/C19H21ClN2O2S/c1-2-14-6-3-4-7-15(14)18(23)21-10-5-11-22(13-12-21)19(24)16-8-9-17(20)25-16/h3-4,6-9H,2,5,10-13H2,1H3. The minimum absolute atomic E-state index is 0.000146. The molecule has 1 aromatic heterocycles. The van der Waals surface area contributed by atoms with Crippen molar-refractivity contribution in [2.45, 2.75) is 19.8 Å². The van der Waals surface area contributed by atoms with Gasteiger partial charge in [0.2, 0.25) is 0 Å². The number of amides is 2. The molecule has 0 spiro atoms. The van der Waals surface area contributed by atoms with E-state index in [0.717, 1.165) is 24.0 Å². The summed E-state index contributed by atoms with van der Waals surface area (Å²) < 4.78 is 0.617. The zero-order valence-electron chi connectivity index (χ0n) is 14.2. The Labute approximate surface area is 157 Å². The molecule has 25 heavy (non-hydrogen) atoms. The first-order chi connectivity index (χ1) is 12.1. The van der Waals surface area contributed by atoms with Crippen molar-refractivity contribution in [2.75, 3.05) is 26.2 Å². The van der Waals surface area contributed by atoms with Gasteiger partial charge in [-0.15, -0.1) is 11.3 Å². The third-order valence-corrected chi connectivity index (χ3v) is 5.70. The van der Waals surface area contributed by atoms with E-state index in [9.17, 15) is 9.59 Å². The van der Waals surface area contributed by atoms with Crippen LogP contribution in [-0.2, 0) is 6.42 Å². The van der Waals surface area contributed by atoms with Crippen molar-refractivity contribution in [1.29, 1.82) is 0 Å². The van der Waals surface area contributed by atoms with E-state index in [2.05, 4.69) is 6.92 Å². The lowest BCUT2D eigenvalue weighted by Gasteiger charge is -2.22. The summed E-state index contributed by atoms with van der Waals surface area (Å²) in [7, 11) is 0. The Bertz CT molecular complexity index is 774. The number of halogens is 1. The maximum atomic E-state index is 12.9. The Morgan fingerprint density at radius 2 is 1.68 bits per heavy atom. The van der Waals surface area contributed by atoms with Gasteiger partial charge in [-0.3, -0.25) is 9.59 Å². The molecule has 0 N–H and O–H groups in total. The monoisotopic (exact) mass is 376 g/mol. The molecule has 1 aliphatic rings. The number of carbonyl (C=O) groups excluding carboxylic acids is 2. The van der Waals surface area contributed by atoms with E-state index in [1.165, 1.54) is 11.3 Å². The summed E-state index contributed by atoms with van der Waals surface area (Å²) in [6.07, 6.45) is 1.62. The van der Waals surface area contributed by atoms with Gasteiger partial charge in [0.15, 0.2) is 0 Å². The Balaban J connectivity index is 1.69. The van der Waals surface area contributed by atoms with Crippen LogP contribution in [-0.4, -0.2) is 47.8 Å². The number of nitrogens with zero attached hydrogens (tertiary/aromatic N) is 2. The van der Waals surface area contributed by atoms with Crippen LogP contribution in [0.15, 0.2) is 36.4 Å². The first-order valence-electron chi connectivity index (χ1n) is 8.52. The summed E-state index contributed by atoms with van der Waals surface area (Å²) in [5.41, 5.74) is 1.84. The van der Waals surface area contributed by atoms with Gasteiger partial charge in [-0.1, -0.05) is 36.7 Å². The Hall–Kier alpha value is -1.85. The van der Waals surface area contributed by atoms with Crippen LogP contribution in [0.5, 0.6) is 0 Å². The fourth-order valence-electron chi connectivity index (χ4n) is 3.12. The van der Waals surface area contributed by atoms with E-state index < -0.39 is 0 Å². The van der Waals surface area contributed by atoms with E-state index in [0.29, 0.717) is 35.4 Å². The van der Waals surface area contributed by atoms with Gasteiger partial charge in [0.1, 0.15) is 0 Å². The van der Waals surface area contributed by atoms with Gasteiger partial charge in [-0.25, -0.2) is 0 Å². The van der Waals surface area contributed by atoms with Crippen molar-refractivity contribution in [3.8, 4) is 0 Å². The molecular formula is C19H21ClN2O2S. The van der Waals surface area contributed by atoms with Gasteiger partial charge in [-0.2, -0.15) is 0 Å². The highest BCUT2D eigenvalue weighted by atomic mass is 35.5. The smallest absolute Gasteiger partial charge is 0.264 e.